The zero-order chi connectivity index (χ0) is 13.8. The SMILES string of the molecule is CCN(CC)C(CC)(C(=O)O)c1ccc(F)cc1. The van der Waals surface area contributed by atoms with Crippen molar-refractivity contribution < 1.29 is 14.3 Å². The fraction of sp³-hybridized carbons (Fsp3) is 0.500. The van der Waals surface area contributed by atoms with Crippen LogP contribution in [0.4, 0.5) is 4.39 Å². The van der Waals surface area contributed by atoms with E-state index in [0.717, 1.165) is 0 Å². The van der Waals surface area contributed by atoms with Gasteiger partial charge in [0.2, 0.25) is 0 Å². The second-order valence-corrected chi connectivity index (χ2v) is 4.20. The average Bonchev–Trinajstić information content (AvgIpc) is 2.36. The minimum atomic E-state index is -1.07. The zero-order valence-corrected chi connectivity index (χ0v) is 11.1. The van der Waals surface area contributed by atoms with Crippen molar-refractivity contribution in [1.29, 1.82) is 0 Å². The lowest BCUT2D eigenvalue weighted by Crippen LogP contribution is -2.51. The highest BCUT2D eigenvalue weighted by atomic mass is 19.1. The van der Waals surface area contributed by atoms with Gasteiger partial charge in [-0.05, 0) is 37.2 Å². The number of hydrogen-bond donors (Lipinski definition) is 1. The molecule has 0 spiro atoms. The number of carboxylic acids is 1. The molecule has 100 valence electrons. The molecule has 1 atom stereocenters. The second-order valence-electron chi connectivity index (χ2n) is 4.20. The average molecular weight is 253 g/mol. The van der Waals surface area contributed by atoms with Gasteiger partial charge in [0.1, 0.15) is 11.4 Å². The smallest absolute Gasteiger partial charge is 0.328 e. The highest BCUT2D eigenvalue weighted by Gasteiger charge is 2.43. The fourth-order valence-electron chi connectivity index (χ4n) is 2.51. The third-order valence-electron chi connectivity index (χ3n) is 3.49. The fourth-order valence-corrected chi connectivity index (χ4v) is 2.51. The molecule has 3 nitrogen and oxygen atoms in total. The standard InChI is InChI=1S/C14H20FNO2/c1-4-14(13(17)18,16(5-2)6-3)11-7-9-12(15)10-8-11/h7-10H,4-6H2,1-3H3,(H,17,18). The van der Waals surface area contributed by atoms with Gasteiger partial charge >= 0.3 is 5.97 Å². The number of rotatable bonds is 6. The topological polar surface area (TPSA) is 40.5 Å². The van der Waals surface area contributed by atoms with Crippen molar-refractivity contribution in [1.82, 2.24) is 4.90 Å². The Morgan fingerprint density at radius 3 is 2.06 bits per heavy atom. The van der Waals surface area contributed by atoms with Gasteiger partial charge < -0.3 is 5.11 Å². The van der Waals surface area contributed by atoms with Crippen molar-refractivity contribution in [2.45, 2.75) is 32.7 Å². The first-order valence-electron chi connectivity index (χ1n) is 6.27. The Morgan fingerprint density at radius 1 is 1.22 bits per heavy atom. The van der Waals surface area contributed by atoms with Gasteiger partial charge in [-0.25, -0.2) is 9.18 Å². The van der Waals surface area contributed by atoms with Crippen LogP contribution >= 0.6 is 0 Å². The maximum Gasteiger partial charge on any atom is 0.328 e. The highest BCUT2D eigenvalue weighted by Crippen LogP contribution is 2.32. The lowest BCUT2D eigenvalue weighted by atomic mass is 9.85. The Labute approximate surface area is 107 Å². The zero-order valence-electron chi connectivity index (χ0n) is 11.1. The van der Waals surface area contributed by atoms with Gasteiger partial charge in [0.25, 0.3) is 0 Å². The molecule has 0 heterocycles. The molecular weight excluding hydrogens is 233 g/mol. The Bertz CT molecular complexity index is 401. The Kier molecular flexibility index (Phi) is 4.84. The first-order chi connectivity index (χ1) is 8.52. The second kappa shape index (κ2) is 5.96. The number of likely N-dealkylation sites (N-methyl/N-ethyl adjacent to an activating group) is 1. The number of aliphatic carboxylic acids is 1. The van der Waals surface area contributed by atoms with Crippen LogP contribution in [-0.4, -0.2) is 29.1 Å². The van der Waals surface area contributed by atoms with Crippen LogP contribution in [0.15, 0.2) is 24.3 Å². The molecule has 1 unspecified atom stereocenters. The van der Waals surface area contributed by atoms with E-state index in [1.807, 2.05) is 25.7 Å². The Hall–Kier alpha value is -1.42. The van der Waals surface area contributed by atoms with Gasteiger partial charge in [-0.1, -0.05) is 32.9 Å². The first kappa shape index (κ1) is 14.6. The molecular formula is C14H20FNO2. The summed E-state index contributed by atoms with van der Waals surface area (Å²) in [6.07, 6.45) is 0.440. The monoisotopic (exact) mass is 253 g/mol. The number of nitrogens with zero attached hydrogens (tertiary/aromatic N) is 1. The summed E-state index contributed by atoms with van der Waals surface area (Å²) in [5.74, 6) is -1.24. The molecule has 1 rings (SSSR count). The van der Waals surface area contributed by atoms with Crippen LogP contribution in [0, 0.1) is 5.82 Å². The maximum absolute atomic E-state index is 13.0. The third kappa shape index (κ3) is 2.38. The summed E-state index contributed by atoms with van der Waals surface area (Å²) in [5, 5.41) is 9.64. The van der Waals surface area contributed by atoms with Crippen molar-refractivity contribution in [3.05, 3.63) is 35.6 Å². The molecule has 0 radical (unpaired) electrons. The molecule has 4 heteroatoms. The van der Waals surface area contributed by atoms with E-state index in [9.17, 15) is 14.3 Å². The van der Waals surface area contributed by atoms with E-state index in [1.54, 1.807) is 12.1 Å². The Balaban J connectivity index is 3.35. The molecule has 1 aromatic carbocycles. The van der Waals surface area contributed by atoms with Gasteiger partial charge in [0.15, 0.2) is 0 Å². The maximum atomic E-state index is 13.0. The van der Waals surface area contributed by atoms with E-state index in [4.69, 9.17) is 0 Å². The van der Waals surface area contributed by atoms with Crippen LogP contribution in [0.5, 0.6) is 0 Å². The summed E-state index contributed by atoms with van der Waals surface area (Å²) >= 11 is 0. The molecule has 0 aromatic heterocycles. The third-order valence-corrected chi connectivity index (χ3v) is 3.49. The normalized spacial score (nSPS) is 14.5. The van der Waals surface area contributed by atoms with Crippen LogP contribution in [0.25, 0.3) is 0 Å². The van der Waals surface area contributed by atoms with Crippen molar-refractivity contribution in [2.75, 3.05) is 13.1 Å². The van der Waals surface area contributed by atoms with Crippen molar-refractivity contribution >= 4 is 5.97 Å². The lowest BCUT2D eigenvalue weighted by Gasteiger charge is -2.39. The molecule has 18 heavy (non-hydrogen) atoms. The van der Waals surface area contributed by atoms with Gasteiger partial charge in [0, 0.05) is 0 Å². The molecule has 0 saturated carbocycles. The summed E-state index contributed by atoms with van der Waals surface area (Å²) in [6.45, 7) is 6.97. The van der Waals surface area contributed by atoms with Crippen molar-refractivity contribution in [3.63, 3.8) is 0 Å². The predicted molar refractivity (Wildman–Crippen MR) is 68.9 cm³/mol. The molecule has 0 saturated heterocycles. The Morgan fingerprint density at radius 2 is 1.72 bits per heavy atom. The molecule has 1 N–H and O–H groups in total. The first-order valence-corrected chi connectivity index (χ1v) is 6.27. The van der Waals surface area contributed by atoms with Gasteiger partial charge in [-0.3, -0.25) is 4.90 Å². The largest absolute Gasteiger partial charge is 0.480 e. The van der Waals surface area contributed by atoms with Gasteiger partial charge in [0.05, 0.1) is 0 Å². The van der Waals surface area contributed by atoms with Crippen LogP contribution in [0.2, 0.25) is 0 Å². The van der Waals surface area contributed by atoms with E-state index in [2.05, 4.69) is 0 Å². The summed E-state index contributed by atoms with van der Waals surface area (Å²) in [4.78, 5) is 13.7. The molecule has 1 aromatic rings. The number of carboxylic acid groups (broad SMARTS) is 1. The van der Waals surface area contributed by atoms with E-state index in [1.165, 1.54) is 12.1 Å². The van der Waals surface area contributed by atoms with Crippen molar-refractivity contribution in [3.8, 4) is 0 Å². The van der Waals surface area contributed by atoms with Crippen LogP contribution < -0.4 is 0 Å². The molecule has 0 bridgehead atoms. The van der Waals surface area contributed by atoms with E-state index >= 15 is 0 Å². The highest BCUT2D eigenvalue weighted by molar-refractivity contribution is 5.80. The van der Waals surface area contributed by atoms with Gasteiger partial charge in [-0.15, -0.1) is 0 Å². The summed E-state index contributed by atoms with van der Waals surface area (Å²) in [7, 11) is 0. The van der Waals surface area contributed by atoms with Crippen LogP contribution in [-0.2, 0) is 10.3 Å². The summed E-state index contributed by atoms with van der Waals surface area (Å²) in [6, 6.07) is 5.74. The van der Waals surface area contributed by atoms with E-state index < -0.39 is 11.5 Å². The summed E-state index contributed by atoms with van der Waals surface area (Å²) in [5.41, 5.74) is -0.445. The minimum Gasteiger partial charge on any atom is -0.480 e. The quantitative estimate of drug-likeness (QED) is 0.847. The number of carbonyl (C=O) groups is 1. The lowest BCUT2D eigenvalue weighted by molar-refractivity contribution is -0.152. The number of benzene rings is 1. The van der Waals surface area contributed by atoms with Crippen LogP contribution in [0.1, 0.15) is 32.8 Å². The van der Waals surface area contributed by atoms with Crippen molar-refractivity contribution in [2.24, 2.45) is 0 Å². The molecule has 0 fully saturated rings. The van der Waals surface area contributed by atoms with E-state index in [-0.39, 0.29) is 5.82 Å². The molecule has 0 aliphatic heterocycles. The van der Waals surface area contributed by atoms with Gasteiger partial charge in [-0.2, -0.15) is 0 Å². The molecule has 0 amide bonds. The van der Waals surface area contributed by atoms with Crippen LogP contribution in [0.3, 0.4) is 0 Å². The number of hydrogen-bond acceptors (Lipinski definition) is 2. The molecule has 0 aliphatic carbocycles. The molecule has 0 aliphatic rings. The summed E-state index contributed by atoms with van der Waals surface area (Å²) < 4.78 is 13.0. The predicted octanol–water partition coefficient (Wildman–Crippen LogP) is 2.86. The minimum absolute atomic E-state index is 0.353. The van der Waals surface area contributed by atoms with E-state index in [0.29, 0.717) is 25.1 Å². The number of halogens is 1.